The zero-order chi connectivity index (χ0) is 12.1. The van der Waals surface area contributed by atoms with Gasteiger partial charge in [-0.2, -0.15) is 0 Å². The molecule has 0 bridgehead atoms. The summed E-state index contributed by atoms with van der Waals surface area (Å²) in [5.41, 5.74) is 0.856. The molecule has 1 heterocycles. The molecule has 84 valence electrons. The first-order valence-corrected chi connectivity index (χ1v) is 5.03. The minimum absolute atomic E-state index is 0.282. The van der Waals surface area contributed by atoms with Gasteiger partial charge in [-0.05, 0) is 42.3 Å². The Kier molecular flexibility index (Phi) is 3.27. The predicted octanol–water partition coefficient (Wildman–Crippen LogP) is 2.50. The minimum Gasteiger partial charge on any atom is -0.497 e. The van der Waals surface area contributed by atoms with Crippen molar-refractivity contribution in [2.45, 2.75) is 0 Å². The SMILES string of the molecule is COc1ccc(C#Cc2ccc(C=O)o2)cc1. The number of carbonyl (C=O) groups excluding carboxylic acids is 1. The summed E-state index contributed by atoms with van der Waals surface area (Å²) in [7, 11) is 1.62. The molecule has 0 aliphatic carbocycles. The molecule has 0 spiro atoms. The fourth-order valence-corrected chi connectivity index (χ4v) is 1.29. The third kappa shape index (κ3) is 2.76. The Morgan fingerprint density at radius 3 is 2.47 bits per heavy atom. The summed E-state index contributed by atoms with van der Waals surface area (Å²) < 4.78 is 10.2. The van der Waals surface area contributed by atoms with Crippen LogP contribution in [0.1, 0.15) is 21.9 Å². The maximum Gasteiger partial charge on any atom is 0.185 e. The Hall–Kier alpha value is -2.47. The van der Waals surface area contributed by atoms with Crippen LogP contribution in [0.2, 0.25) is 0 Å². The highest BCUT2D eigenvalue weighted by atomic mass is 16.5. The third-order valence-electron chi connectivity index (χ3n) is 2.16. The van der Waals surface area contributed by atoms with Crippen LogP contribution in [-0.2, 0) is 0 Å². The van der Waals surface area contributed by atoms with E-state index in [1.54, 1.807) is 19.2 Å². The van der Waals surface area contributed by atoms with Gasteiger partial charge in [-0.15, -0.1) is 0 Å². The molecule has 1 aromatic heterocycles. The molecule has 0 saturated heterocycles. The van der Waals surface area contributed by atoms with Crippen LogP contribution in [0.15, 0.2) is 40.8 Å². The molecule has 0 N–H and O–H groups in total. The number of carbonyl (C=O) groups is 1. The number of aldehydes is 1. The van der Waals surface area contributed by atoms with Crippen molar-refractivity contribution in [1.29, 1.82) is 0 Å². The first-order chi connectivity index (χ1) is 8.31. The number of rotatable bonds is 2. The van der Waals surface area contributed by atoms with Gasteiger partial charge in [-0.1, -0.05) is 5.92 Å². The van der Waals surface area contributed by atoms with Gasteiger partial charge in [-0.3, -0.25) is 4.79 Å². The van der Waals surface area contributed by atoms with Crippen molar-refractivity contribution in [1.82, 2.24) is 0 Å². The summed E-state index contributed by atoms with van der Waals surface area (Å²) in [6.07, 6.45) is 0.651. The second-order valence-corrected chi connectivity index (χ2v) is 3.30. The quantitative estimate of drug-likeness (QED) is 0.583. The van der Waals surface area contributed by atoms with Gasteiger partial charge in [0.2, 0.25) is 0 Å². The Balaban J connectivity index is 2.17. The van der Waals surface area contributed by atoms with Gasteiger partial charge in [0.1, 0.15) is 5.75 Å². The molecule has 0 fully saturated rings. The van der Waals surface area contributed by atoms with Gasteiger partial charge in [0.25, 0.3) is 0 Å². The molecule has 2 aromatic rings. The molecule has 2 rings (SSSR count). The highest BCUT2D eigenvalue weighted by Gasteiger charge is 1.96. The second kappa shape index (κ2) is 5.04. The largest absolute Gasteiger partial charge is 0.497 e. The normalized spacial score (nSPS) is 9.24. The average Bonchev–Trinajstić information content (AvgIpc) is 2.85. The smallest absolute Gasteiger partial charge is 0.185 e. The van der Waals surface area contributed by atoms with Crippen molar-refractivity contribution in [3.8, 4) is 17.6 Å². The van der Waals surface area contributed by atoms with Crippen molar-refractivity contribution in [3.63, 3.8) is 0 Å². The highest BCUT2D eigenvalue weighted by Crippen LogP contribution is 2.10. The van der Waals surface area contributed by atoms with Crippen LogP contribution in [0.5, 0.6) is 5.75 Å². The summed E-state index contributed by atoms with van der Waals surface area (Å²) >= 11 is 0. The maximum atomic E-state index is 10.4. The lowest BCUT2D eigenvalue weighted by Crippen LogP contribution is -1.81. The number of hydrogen-bond donors (Lipinski definition) is 0. The fraction of sp³-hybridized carbons (Fsp3) is 0.0714. The molecule has 1 aromatic carbocycles. The summed E-state index contributed by atoms with van der Waals surface area (Å²) in [5.74, 6) is 7.32. The number of hydrogen-bond acceptors (Lipinski definition) is 3. The lowest BCUT2D eigenvalue weighted by molar-refractivity contribution is 0.110. The fourth-order valence-electron chi connectivity index (χ4n) is 1.29. The van der Waals surface area contributed by atoms with E-state index in [-0.39, 0.29) is 5.76 Å². The molecule has 0 atom stereocenters. The first-order valence-electron chi connectivity index (χ1n) is 5.03. The van der Waals surface area contributed by atoms with Gasteiger partial charge in [0.05, 0.1) is 7.11 Å². The molecule has 0 radical (unpaired) electrons. The van der Waals surface area contributed by atoms with E-state index in [1.807, 2.05) is 24.3 Å². The van der Waals surface area contributed by atoms with Gasteiger partial charge in [0.15, 0.2) is 17.8 Å². The van der Waals surface area contributed by atoms with E-state index in [4.69, 9.17) is 9.15 Å². The molecule has 0 amide bonds. The van der Waals surface area contributed by atoms with Crippen LogP contribution in [0.25, 0.3) is 0 Å². The zero-order valence-electron chi connectivity index (χ0n) is 9.27. The Bertz CT molecular complexity index is 568. The number of benzene rings is 1. The minimum atomic E-state index is 0.282. The van der Waals surface area contributed by atoms with Crippen molar-refractivity contribution < 1.29 is 13.9 Å². The molecular formula is C14H10O3. The first kappa shape index (κ1) is 11.0. The van der Waals surface area contributed by atoms with E-state index in [0.717, 1.165) is 11.3 Å². The van der Waals surface area contributed by atoms with Crippen molar-refractivity contribution in [3.05, 3.63) is 53.5 Å². The van der Waals surface area contributed by atoms with Crippen molar-refractivity contribution >= 4 is 6.29 Å². The average molecular weight is 226 g/mol. The van der Waals surface area contributed by atoms with E-state index in [1.165, 1.54) is 0 Å². The second-order valence-electron chi connectivity index (χ2n) is 3.30. The topological polar surface area (TPSA) is 39.4 Å². The molecule has 0 saturated carbocycles. The van der Waals surface area contributed by atoms with Crippen LogP contribution in [-0.4, -0.2) is 13.4 Å². The number of methoxy groups -OCH3 is 1. The number of ether oxygens (including phenoxy) is 1. The zero-order valence-corrected chi connectivity index (χ0v) is 9.27. The number of furan rings is 1. The van der Waals surface area contributed by atoms with Gasteiger partial charge < -0.3 is 9.15 Å². The standard InChI is InChI=1S/C14H10O3/c1-16-12-5-2-11(3-6-12)4-7-13-8-9-14(10-15)17-13/h2-3,5-6,8-10H,1H3. The van der Waals surface area contributed by atoms with E-state index >= 15 is 0 Å². The van der Waals surface area contributed by atoms with Crippen LogP contribution in [0, 0.1) is 11.8 Å². The summed E-state index contributed by atoms with van der Waals surface area (Å²) in [5, 5.41) is 0. The lowest BCUT2D eigenvalue weighted by Gasteiger charge is -1.97. The molecule has 0 aliphatic heterocycles. The lowest BCUT2D eigenvalue weighted by atomic mass is 10.2. The summed E-state index contributed by atoms with van der Waals surface area (Å²) in [6.45, 7) is 0. The van der Waals surface area contributed by atoms with Crippen molar-refractivity contribution in [2.75, 3.05) is 7.11 Å². The Morgan fingerprint density at radius 1 is 1.12 bits per heavy atom. The van der Waals surface area contributed by atoms with Crippen LogP contribution < -0.4 is 4.74 Å². The monoisotopic (exact) mass is 226 g/mol. The van der Waals surface area contributed by atoms with Crippen LogP contribution in [0.3, 0.4) is 0 Å². The van der Waals surface area contributed by atoms with Crippen LogP contribution in [0.4, 0.5) is 0 Å². The van der Waals surface area contributed by atoms with E-state index in [9.17, 15) is 4.79 Å². The van der Waals surface area contributed by atoms with Gasteiger partial charge >= 0.3 is 0 Å². The predicted molar refractivity (Wildman–Crippen MR) is 63.1 cm³/mol. The van der Waals surface area contributed by atoms with E-state index < -0.39 is 0 Å². The molecular weight excluding hydrogens is 216 g/mol. The molecule has 3 heteroatoms. The summed E-state index contributed by atoms with van der Waals surface area (Å²) in [4.78, 5) is 10.4. The van der Waals surface area contributed by atoms with Crippen molar-refractivity contribution in [2.24, 2.45) is 0 Å². The molecule has 3 nitrogen and oxygen atoms in total. The summed E-state index contributed by atoms with van der Waals surface area (Å²) in [6, 6.07) is 10.6. The Labute approximate surface area is 99.0 Å². The van der Waals surface area contributed by atoms with Gasteiger partial charge in [0, 0.05) is 5.56 Å². The molecule has 0 aliphatic rings. The van der Waals surface area contributed by atoms with Gasteiger partial charge in [-0.25, -0.2) is 0 Å². The van der Waals surface area contributed by atoms with Crippen LogP contribution >= 0.6 is 0 Å². The molecule has 17 heavy (non-hydrogen) atoms. The molecule has 0 unspecified atom stereocenters. The Morgan fingerprint density at radius 2 is 1.88 bits per heavy atom. The third-order valence-corrected chi connectivity index (χ3v) is 2.16. The van der Waals surface area contributed by atoms with E-state index in [2.05, 4.69) is 11.8 Å². The van der Waals surface area contributed by atoms with E-state index in [0.29, 0.717) is 12.0 Å². The maximum absolute atomic E-state index is 10.4. The highest BCUT2D eigenvalue weighted by molar-refractivity contribution is 5.70.